The fourth-order valence-corrected chi connectivity index (χ4v) is 1.36. The Hall–Kier alpha value is -1.58. The molecule has 0 aromatic carbocycles. The van der Waals surface area contributed by atoms with E-state index in [-0.39, 0.29) is 18.8 Å². The average molecular weight is 240 g/mol. The molecule has 0 aliphatic heterocycles. The molecule has 1 unspecified atom stereocenters. The second-order valence-electron chi connectivity index (χ2n) is 3.89. The summed E-state index contributed by atoms with van der Waals surface area (Å²) < 4.78 is 0. The molecule has 0 bridgehead atoms. The highest BCUT2D eigenvalue weighted by atomic mass is 16.4. The molecule has 0 aliphatic rings. The zero-order valence-electron chi connectivity index (χ0n) is 10.1. The summed E-state index contributed by atoms with van der Waals surface area (Å²) in [6.07, 6.45) is 9.84. The van der Waals surface area contributed by atoms with Gasteiger partial charge in [-0.25, -0.2) is 0 Å². The third kappa shape index (κ3) is 10.7. The zero-order valence-corrected chi connectivity index (χ0v) is 10.1. The van der Waals surface area contributed by atoms with Crippen LogP contribution in [0.4, 0.5) is 0 Å². The van der Waals surface area contributed by atoms with Crippen LogP contribution in [-0.2, 0) is 9.59 Å². The molecule has 0 amide bonds. The van der Waals surface area contributed by atoms with Crippen LogP contribution in [0.5, 0.6) is 0 Å². The van der Waals surface area contributed by atoms with E-state index in [0.29, 0.717) is 6.42 Å². The minimum absolute atomic E-state index is 0.000953. The number of carbonyl (C=O) groups is 2. The van der Waals surface area contributed by atoms with Gasteiger partial charge in [0, 0.05) is 6.42 Å². The lowest BCUT2D eigenvalue weighted by atomic mass is 9.99. The monoisotopic (exact) mass is 240 g/mol. The Morgan fingerprint density at radius 3 is 2.41 bits per heavy atom. The van der Waals surface area contributed by atoms with Crippen LogP contribution in [-0.4, -0.2) is 22.2 Å². The number of aliphatic carboxylic acids is 2. The smallest absolute Gasteiger partial charge is 0.303 e. The molecular formula is C13H20O4. The maximum Gasteiger partial charge on any atom is 0.303 e. The second-order valence-corrected chi connectivity index (χ2v) is 3.89. The van der Waals surface area contributed by atoms with E-state index in [9.17, 15) is 9.59 Å². The molecule has 0 fully saturated rings. The molecule has 0 rings (SSSR count). The molecule has 0 saturated heterocycles. The van der Waals surface area contributed by atoms with Crippen molar-refractivity contribution in [1.82, 2.24) is 0 Å². The summed E-state index contributed by atoms with van der Waals surface area (Å²) in [5, 5.41) is 17.2. The highest BCUT2D eigenvalue weighted by Crippen LogP contribution is 2.13. The first-order chi connectivity index (χ1) is 8.06. The standard InChI is InChI=1S/C13H20O4/c1-2-3-4-5-6-7-11(10-13(16)17)8-9-12(14)15/h4-7,11H,2-3,8-10H2,1H3,(H,14,15)(H,16,17)/b5-4+,7-6+. The zero-order chi connectivity index (χ0) is 13.1. The molecule has 0 aliphatic carbocycles. The van der Waals surface area contributed by atoms with Gasteiger partial charge in [0.05, 0.1) is 6.42 Å². The topological polar surface area (TPSA) is 74.6 Å². The minimum atomic E-state index is -0.900. The summed E-state index contributed by atoms with van der Waals surface area (Å²) in [4.78, 5) is 21.0. The molecule has 4 heteroatoms. The first kappa shape index (κ1) is 15.4. The molecule has 1 atom stereocenters. The van der Waals surface area contributed by atoms with Gasteiger partial charge in [0.15, 0.2) is 0 Å². The number of allylic oxidation sites excluding steroid dienone is 4. The molecule has 17 heavy (non-hydrogen) atoms. The number of carboxylic acids is 2. The lowest BCUT2D eigenvalue weighted by Gasteiger charge is -2.07. The molecule has 0 aromatic rings. The molecule has 4 nitrogen and oxygen atoms in total. The third-order valence-corrected chi connectivity index (χ3v) is 2.25. The van der Waals surface area contributed by atoms with E-state index < -0.39 is 11.9 Å². The van der Waals surface area contributed by atoms with Gasteiger partial charge < -0.3 is 10.2 Å². The van der Waals surface area contributed by atoms with Gasteiger partial charge >= 0.3 is 11.9 Å². The number of hydrogen-bond donors (Lipinski definition) is 2. The van der Waals surface area contributed by atoms with E-state index in [2.05, 4.69) is 6.92 Å². The van der Waals surface area contributed by atoms with Gasteiger partial charge in [-0.2, -0.15) is 0 Å². The summed E-state index contributed by atoms with van der Waals surface area (Å²) in [7, 11) is 0. The Balaban J connectivity index is 4.17. The van der Waals surface area contributed by atoms with Crippen LogP contribution < -0.4 is 0 Å². The van der Waals surface area contributed by atoms with E-state index in [1.54, 1.807) is 12.2 Å². The van der Waals surface area contributed by atoms with Crippen molar-refractivity contribution in [3.8, 4) is 0 Å². The summed E-state index contributed by atoms with van der Waals surface area (Å²) in [5.41, 5.74) is 0. The van der Waals surface area contributed by atoms with Crippen LogP contribution in [0.2, 0.25) is 0 Å². The first-order valence-electron chi connectivity index (χ1n) is 5.83. The Morgan fingerprint density at radius 1 is 1.18 bits per heavy atom. The average Bonchev–Trinajstić information content (AvgIpc) is 2.24. The normalized spacial score (nSPS) is 13.2. The summed E-state index contributed by atoms with van der Waals surface area (Å²) in [5.74, 6) is -2.01. The molecule has 2 N–H and O–H groups in total. The number of hydrogen-bond acceptors (Lipinski definition) is 2. The molecule has 0 aromatic heterocycles. The van der Waals surface area contributed by atoms with Crippen LogP contribution in [0.25, 0.3) is 0 Å². The van der Waals surface area contributed by atoms with Crippen LogP contribution in [0, 0.1) is 5.92 Å². The Labute approximate surface area is 102 Å². The highest BCUT2D eigenvalue weighted by molar-refractivity contribution is 5.68. The van der Waals surface area contributed by atoms with E-state index >= 15 is 0 Å². The van der Waals surface area contributed by atoms with Crippen molar-refractivity contribution in [2.24, 2.45) is 5.92 Å². The van der Waals surface area contributed by atoms with E-state index in [1.165, 1.54) is 0 Å². The summed E-state index contributed by atoms with van der Waals surface area (Å²) in [6, 6.07) is 0. The Kier molecular flexibility index (Phi) is 8.74. The molecule has 0 heterocycles. The molecule has 0 spiro atoms. The van der Waals surface area contributed by atoms with Gasteiger partial charge in [-0.15, -0.1) is 0 Å². The fraction of sp³-hybridized carbons (Fsp3) is 0.538. The Bertz CT molecular complexity index is 292. The Morgan fingerprint density at radius 2 is 1.88 bits per heavy atom. The highest BCUT2D eigenvalue weighted by Gasteiger charge is 2.11. The van der Waals surface area contributed by atoms with Gasteiger partial charge in [0.1, 0.15) is 0 Å². The SMILES string of the molecule is CCC/C=C/C=C/C(CCC(=O)O)CC(=O)O. The van der Waals surface area contributed by atoms with Crippen molar-refractivity contribution in [2.75, 3.05) is 0 Å². The first-order valence-corrected chi connectivity index (χ1v) is 5.83. The van der Waals surface area contributed by atoms with Crippen LogP contribution >= 0.6 is 0 Å². The lowest BCUT2D eigenvalue weighted by Crippen LogP contribution is -2.07. The van der Waals surface area contributed by atoms with Crippen molar-refractivity contribution in [1.29, 1.82) is 0 Å². The van der Waals surface area contributed by atoms with Gasteiger partial charge in [-0.1, -0.05) is 37.6 Å². The van der Waals surface area contributed by atoms with Gasteiger partial charge in [-0.3, -0.25) is 9.59 Å². The molecule has 0 saturated carbocycles. The van der Waals surface area contributed by atoms with Crippen molar-refractivity contribution < 1.29 is 19.8 Å². The van der Waals surface area contributed by atoms with E-state index in [4.69, 9.17) is 10.2 Å². The van der Waals surface area contributed by atoms with Crippen LogP contribution in [0.3, 0.4) is 0 Å². The molecule has 96 valence electrons. The van der Waals surface area contributed by atoms with Crippen LogP contribution in [0.1, 0.15) is 39.0 Å². The predicted molar refractivity (Wildman–Crippen MR) is 65.8 cm³/mol. The minimum Gasteiger partial charge on any atom is -0.481 e. The van der Waals surface area contributed by atoms with Gasteiger partial charge in [0.2, 0.25) is 0 Å². The van der Waals surface area contributed by atoms with Gasteiger partial charge in [0.25, 0.3) is 0 Å². The molecule has 0 radical (unpaired) electrons. The van der Waals surface area contributed by atoms with Crippen molar-refractivity contribution in [3.63, 3.8) is 0 Å². The van der Waals surface area contributed by atoms with Crippen molar-refractivity contribution in [3.05, 3.63) is 24.3 Å². The quantitative estimate of drug-likeness (QED) is 0.608. The van der Waals surface area contributed by atoms with E-state index in [1.807, 2.05) is 12.2 Å². The van der Waals surface area contributed by atoms with E-state index in [0.717, 1.165) is 12.8 Å². The lowest BCUT2D eigenvalue weighted by molar-refractivity contribution is -0.140. The maximum atomic E-state index is 10.6. The largest absolute Gasteiger partial charge is 0.481 e. The second kappa shape index (κ2) is 9.63. The number of unbranched alkanes of at least 4 members (excludes halogenated alkanes) is 1. The van der Waals surface area contributed by atoms with Crippen molar-refractivity contribution >= 4 is 11.9 Å². The maximum absolute atomic E-state index is 10.6. The van der Waals surface area contributed by atoms with Gasteiger partial charge in [-0.05, 0) is 18.8 Å². The summed E-state index contributed by atoms with van der Waals surface area (Å²) in [6.45, 7) is 2.08. The summed E-state index contributed by atoms with van der Waals surface area (Å²) >= 11 is 0. The predicted octanol–water partition coefficient (Wildman–Crippen LogP) is 2.85. The third-order valence-electron chi connectivity index (χ3n) is 2.25. The molecular weight excluding hydrogens is 220 g/mol. The van der Waals surface area contributed by atoms with Crippen LogP contribution in [0.15, 0.2) is 24.3 Å². The number of rotatable bonds is 9. The van der Waals surface area contributed by atoms with Crippen molar-refractivity contribution in [2.45, 2.75) is 39.0 Å². The number of carboxylic acid groups (broad SMARTS) is 2. The fourth-order valence-electron chi connectivity index (χ4n) is 1.36.